The lowest BCUT2D eigenvalue weighted by Gasteiger charge is -2.36. The van der Waals surface area contributed by atoms with Crippen molar-refractivity contribution < 1.29 is 8.42 Å². The van der Waals surface area contributed by atoms with E-state index < -0.39 is 10.0 Å². The Labute approximate surface area is 126 Å². The molecule has 0 spiro atoms. The van der Waals surface area contributed by atoms with Crippen LogP contribution >= 0.6 is 11.6 Å². The Hall–Kier alpha value is -0.780. The second-order valence-corrected chi connectivity index (χ2v) is 8.53. The smallest absolute Gasteiger partial charge is 0.243 e. The molecule has 0 unspecified atom stereocenters. The lowest BCUT2D eigenvalue weighted by molar-refractivity contribution is 0.196. The second-order valence-electron chi connectivity index (χ2n) is 6.21. The molecule has 0 saturated carbocycles. The van der Waals surface area contributed by atoms with Crippen molar-refractivity contribution in [3.63, 3.8) is 0 Å². The van der Waals surface area contributed by atoms with E-state index in [1.807, 2.05) is 0 Å². The average Bonchev–Trinajstić information content (AvgIpc) is 2.34. The summed E-state index contributed by atoms with van der Waals surface area (Å²) in [7, 11) is -3.48. The highest BCUT2D eigenvalue weighted by Gasteiger charge is 2.33. The summed E-state index contributed by atoms with van der Waals surface area (Å²) in [6.07, 6.45) is 1.74. The summed E-state index contributed by atoms with van der Waals surface area (Å²) in [5, 5.41) is 0.420. The molecule has 112 valence electrons. The van der Waals surface area contributed by atoms with Gasteiger partial charge in [-0.15, -0.1) is 0 Å². The third kappa shape index (κ3) is 2.95. The van der Waals surface area contributed by atoms with E-state index in [0.717, 1.165) is 12.8 Å². The fourth-order valence-corrected chi connectivity index (χ4v) is 4.06. The van der Waals surface area contributed by atoms with E-state index in [9.17, 15) is 8.42 Å². The summed E-state index contributed by atoms with van der Waals surface area (Å²) in [4.78, 5) is 0.233. The van der Waals surface area contributed by atoms with E-state index in [4.69, 9.17) is 17.3 Å². The summed E-state index contributed by atoms with van der Waals surface area (Å²) in [6, 6.07) is 3.04. The molecule has 2 N–H and O–H groups in total. The summed E-state index contributed by atoms with van der Waals surface area (Å²) in [5.74, 6) is 0. The maximum Gasteiger partial charge on any atom is 0.243 e. The number of benzene rings is 1. The average molecular weight is 317 g/mol. The highest BCUT2D eigenvalue weighted by atomic mass is 35.5. The van der Waals surface area contributed by atoms with Crippen molar-refractivity contribution in [2.24, 2.45) is 5.41 Å². The normalized spacial score (nSPS) is 20.0. The highest BCUT2D eigenvalue weighted by molar-refractivity contribution is 7.89. The molecule has 1 fully saturated rings. The molecule has 2 rings (SSSR count). The summed E-state index contributed by atoms with van der Waals surface area (Å²) < 4.78 is 26.8. The SMILES string of the molecule is Cc1cc(S(=O)(=O)N2CCC(C)(C)CC2)cc(N)c1Cl. The van der Waals surface area contributed by atoms with Gasteiger partial charge in [-0.3, -0.25) is 0 Å². The third-order valence-electron chi connectivity index (χ3n) is 3.97. The van der Waals surface area contributed by atoms with Gasteiger partial charge in [0.25, 0.3) is 0 Å². The van der Waals surface area contributed by atoms with E-state index in [1.54, 1.807) is 17.3 Å². The van der Waals surface area contributed by atoms with E-state index in [1.165, 1.54) is 6.07 Å². The summed E-state index contributed by atoms with van der Waals surface area (Å²) >= 11 is 5.99. The number of hydrogen-bond acceptors (Lipinski definition) is 3. The van der Waals surface area contributed by atoms with Gasteiger partial charge in [0.1, 0.15) is 0 Å². The number of halogens is 1. The second kappa shape index (κ2) is 5.20. The van der Waals surface area contributed by atoms with Gasteiger partial charge in [0.15, 0.2) is 0 Å². The zero-order valence-corrected chi connectivity index (χ0v) is 13.7. The Kier molecular flexibility index (Phi) is 4.06. The van der Waals surface area contributed by atoms with Gasteiger partial charge in [0.2, 0.25) is 10.0 Å². The quantitative estimate of drug-likeness (QED) is 0.853. The monoisotopic (exact) mass is 316 g/mol. The van der Waals surface area contributed by atoms with Crippen molar-refractivity contribution in [1.82, 2.24) is 4.31 Å². The largest absolute Gasteiger partial charge is 0.397 e. The van der Waals surface area contributed by atoms with Gasteiger partial charge in [0, 0.05) is 13.1 Å². The molecule has 1 aromatic carbocycles. The van der Waals surface area contributed by atoms with Gasteiger partial charge < -0.3 is 5.73 Å². The molecule has 1 aliphatic rings. The number of sulfonamides is 1. The molecule has 1 heterocycles. The maximum atomic E-state index is 12.6. The number of piperidine rings is 1. The Bertz CT molecular complexity index is 593. The lowest BCUT2D eigenvalue weighted by atomic mass is 9.83. The molecule has 1 aliphatic heterocycles. The minimum Gasteiger partial charge on any atom is -0.397 e. The number of nitrogen functional groups attached to an aromatic ring is 1. The van der Waals surface area contributed by atoms with Crippen molar-refractivity contribution in [3.05, 3.63) is 22.7 Å². The van der Waals surface area contributed by atoms with Gasteiger partial charge in [-0.25, -0.2) is 8.42 Å². The van der Waals surface area contributed by atoms with Crippen molar-refractivity contribution in [2.75, 3.05) is 18.8 Å². The van der Waals surface area contributed by atoms with Crippen LogP contribution in [-0.4, -0.2) is 25.8 Å². The van der Waals surface area contributed by atoms with Crippen LogP contribution in [0.5, 0.6) is 0 Å². The molecule has 0 bridgehead atoms. The van der Waals surface area contributed by atoms with Crippen LogP contribution in [-0.2, 0) is 10.0 Å². The van der Waals surface area contributed by atoms with Gasteiger partial charge in [-0.2, -0.15) is 4.31 Å². The number of anilines is 1. The molecule has 0 amide bonds. The van der Waals surface area contributed by atoms with Crippen molar-refractivity contribution in [3.8, 4) is 0 Å². The summed E-state index contributed by atoms with van der Waals surface area (Å²) in [5.41, 5.74) is 6.98. The first-order valence-corrected chi connectivity index (χ1v) is 8.51. The minimum absolute atomic E-state index is 0.209. The number of nitrogens with zero attached hydrogens (tertiary/aromatic N) is 1. The van der Waals surface area contributed by atoms with Crippen LogP contribution in [0.15, 0.2) is 17.0 Å². The first-order valence-electron chi connectivity index (χ1n) is 6.69. The minimum atomic E-state index is -3.48. The Balaban J connectivity index is 2.32. The summed E-state index contributed by atoms with van der Waals surface area (Å²) in [6.45, 7) is 7.20. The lowest BCUT2D eigenvalue weighted by Crippen LogP contribution is -2.41. The van der Waals surface area contributed by atoms with E-state index in [-0.39, 0.29) is 10.3 Å². The number of hydrogen-bond donors (Lipinski definition) is 1. The Morgan fingerprint density at radius 2 is 1.80 bits per heavy atom. The highest BCUT2D eigenvalue weighted by Crippen LogP contribution is 2.34. The molecule has 4 nitrogen and oxygen atoms in total. The molecule has 1 aromatic rings. The van der Waals surface area contributed by atoms with Crippen molar-refractivity contribution in [1.29, 1.82) is 0 Å². The standard InChI is InChI=1S/C14H21ClN2O2S/c1-10-8-11(9-12(16)13(10)15)20(18,19)17-6-4-14(2,3)5-7-17/h8-9H,4-7,16H2,1-3H3. The predicted octanol–water partition coefficient (Wildman–Crippen LogP) is 3.04. The Morgan fingerprint density at radius 3 is 2.30 bits per heavy atom. The van der Waals surface area contributed by atoms with E-state index in [0.29, 0.717) is 29.4 Å². The first kappa shape index (κ1) is 15.6. The van der Waals surface area contributed by atoms with Crippen LogP contribution in [0.3, 0.4) is 0 Å². The molecule has 6 heteroatoms. The van der Waals surface area contributed by atoms with Crippen LogP contribution < -0.4 is 5.73 Å². The maximum absolute atomic E-state index is 12.6. The molecule has 20 heavy (non-hydrogen) atoms. The van der Waals surface area contributed by atoms with Crippen LogP contribution in [0.4, 0.5) is 5.69 Å². The van der Waals surface area contributed by atoms with Gasteiger partial charge in [0.05, 0.1) is 15.6 Å². The zero-order valence-electron chi connectivity index (χ0n) is 12.1. The molecule has 0 atom stereocenters. The van der Waals surface area contributed by atoms with Crippen molar-refractivity contribution >= 4 is 27.3 Å². The third-order valence-corrected chi connectivity index (χ3v) is 6.36. The first-order chi connectivity index (χ1) is 9.13. The van der Waals surface area contributed by atoms with Crippen LogP contribution in [0.1, 0.15) is 32.3 Å². The van der Waals surface area contributed by atoms with Crippen LogP contribution in [0, 0.1) is 12.3 Å². The number of nitrogens with two attached hydrogens (primary N) is 1. The topological polar surface area (TPSA) is 63.4 Å². The fourth-order valence-electron chi connectivity index (χ4n) is 2.39. The number of rotatable bonds is 2. The van der Waals surface area contributed by atoms with Crippen LogP contribution in [0.25, 0.3) is 0 Å². The van der Waals surface area contributed by atoms with E-state index in [2.05, 4.69) is 13.8 Å². The molecule has 0 radical (unpaired) electrons. The van der Waals surface area contributed by atoms with Crippen LogP contribution in [0.2, 0.25) is 5.02 Å². The van der Waals surface area contributed by atoms with Gasteiger partial charge >= 0.3 is 0 Å². The molecule has 1 saturated heterocycles. The molecule has 0 aromatic heterocycles. The molecular weight excluding hydrogens is 296 g/mol. The fraction of sp³-hybridized carbons (Fsp3) is 0.571. The van der Waals surface area contributed by atoms with Gasteiger partial charge in [-0.05, 0) is 42.9 Å². The molecular formula is C14H21ClN2O2S. The predicted molar refractivity (Wildman–Crippen MR) is 82.4 cm³/mol. The zero-order chi connectivity index (χ0) is 15.1. The van der Waals surface area contributed by atoms with E-state index >= 15 is 0 Å². The molecule has 0 aliphatic carbocycles. The Morgan fingerprint density at radius 1 is 1.25 bits per heavy atom. The van der Waals surface area contributed by atoms with Gasteiger partial charge in [-0.1, -0.05) is 25.4 Å². The van der Waals surface area contributed by atoms with Crippen molar-refractivity contribution in [2.45, 2.75) is 38.5 Å². The number of aryl methyl sites for hydroxylation is 1.